The van der Waals surface area contributed by atoms with E-state index in [0.717, 1.165) is 76.0 Å². The Kier molecular flexibility index (Phi) is 10.5. The number of aromatic hydroxyl groups is 1. The largest absolute Gasteiger partial charge is 0.508 e. The molecular weight excluding hydrogens is 442 g/mol. The summed E-state index contributed by atoms with van der Waals surface area (Å²) in [6.45, 7) is 9.47. The summed E-state index contributed by atoms with van der Waals surface area (Å²) in [5.74, 6) is 1.27. The van der Waals surface area contributed by atoms with Crippen LogP contribution in [0.5, 0.6) is 5.75 Å². The number of hydrogen-bond acceptors (Lipinski definition) is 3. The third-order valence-corrected chi connectivity index (χ3v) is 6.83. The highest BCUT2D eigenvalue weighted by Crippen LogP contribution is 2.33. The average Bonchev–Trinajstić information content (AvgIpc) is 3.26. The van der Waals surface area contributed by atoms with Crippen molar-refractivity contribution in [3.05, 3.63) is 71.0 Å². The van der Waals surface area contributed by atoms with E-state index in [0.29, 0.717) is 5.02 Å². The van der Waals surface area contributed by atoms with Crippen molar-refractivity contribution in [3.8, 4) is 17.1 Å². The SMILES string of the molecule is CCCCC(c1cnc(-c2ccccc2)n1CCCC)N(CCCC)Cc1ccc(O)cc1Cl. The average molecular weight is 482 g/mol. The van der Waals surface area contributed by atoms with E-state index in [1.165, 1.54) is 11.3 Å². The van der Waals surface area contributed by atoms with E-state index < -0.39 is 0 Å². The summed E-state index contributed by atoms with van der Waals surface area (Å²) in [4.78, 5) is 7.52. The minimum Gasteiger partial charge on any atom is -0.508 e. The van der Waals surface area contributed by atoms with Crippen LogP contribution >= 0.6 is 11.6 Å². The van der Waals surface area contributed by atoms with Gasteiger partial charge in [-0.2, -0.15) is 0 Å². The maximum absolute atomic E-state index is 9.84. The second-order valence-electron chi connectivity index (χ2n) is 9.14. The molecule has 0 saturated heterocycles. The van der Waals surface area contributed by atoms with Gasteiger partial charge in [0.2, 0.25) is 0 Å². The molecule has 0 aliphatic heterocycles. The number of unbranched alkanes of at least 4 members (excludes halogenated alkanes) is 3. The molecule has 1 N–H and O–H groups in total. The molecule has 184 valence electrons. The topological polar surface area (TPSA) is 41.3 Å². The quantitative estimate of drug-likeness (QED) is 0.252. The summed E-state index contributed by atoms with van der Waals surface area (Å²) >= 11 is 6.54. The number of rotatable bonds is 14. The smallest absolute Gasteiger partial charge is 0.140 e. The Balaban J connectivity index is 2.03. The van der Waals surface area contributed by atoms with E-state index in [1.54, 1.807) is 12.1 Å². The fourth-order valence-corrected chi connectivity index (χ4v) is 4.76. The van der Waals surface area contributed by atoms with Crippen molar-refractivity contribution in [3.63, 3.8) is 0 Å². The minimum absolute atomic E-state index is 0.210. The maximum Gasteiger partial charge on any atom is 0.140 e. The van der Waals surface area contributed by atoms with E-state index in [2.05, 4.69) is 66.8 Å². The summed E-state index contributed by atoms with van der Waals surface area (Å²) in [5.41, 5.74) is 3.52. The predicted octanol–water partition coefficient (Wildman–Crippen LogP) is 8.24. The summed E-state index contributed by atoms with van der Waals surface area (Å²) in [5, 5.41) is 10.5. The molecule has 0 spiro atoms. The van der Waals surface area contributed by atoms with Crippen molar-refractivity contribution < 1.29 is 5.11 Å². The van der Waals surface area contributed by atoms with Gasteiger partial charge in [-0.3, -0.25) is 4.90 Å². The van der Waals surface area contributed by atoms with Gasteiger partial charge in [0.1, 0.15) is 11.6 Å². The van der Waals surface area contributed by atoms with Gasteiger partial charge >= 0.3 is 0 Å². The van der Waals surface area contributed by atoms with Crippen LogP contribution in [0.1, 0.15) is 83.0 Å². The molecule has 0 aliphatic carbocycles. The van der Waals surface area contributed by atoms with Crippen LogP contribution in [0.3, 0.4) is 0 Å². The molecule has 34 heavy (non-hydrogen) atoms. The third kappa shape index (κ3) is 6.86. The van der Waals surface area contributed by atoms with E-state index in [9.17, 15) is 5.11 Å². The van der Waals surface area contributed by atoms with Gasteiger partial charge in [-0.05, 0) is 43.5 Å². The van der Waals surface area contributed by atoms with Gasteiger partial charge in [0.25, 0.3) is 0 Å². The molecular formula is C29H40ClN3O. The van der Waals surface area contributed by atoms with Crippen LogP contribution in [0, 0.1) is 0 Å². The highest BCUT2D eigenvalue weighted by molar-refractivity contribution is 6.31. The molecule has 1 heterocycles. The molecule has 2 aromatic carbocycles. The first-order valence-corrected chi connectivity index (χ1v) is 13.3. The predicted molar refractivity (Wildman–Crippen MR) is 143 cm³/mol. The fourth-order valence-electron chi connectivity index (χ4n) is 4.53. The van der Waals surface area contributed by atoms with E-state index in [1.807, 2.05) is 6.07 Å². The molecule has 0 bridgehead atoms. The Morgan fingerprint density at radius 1 is 0.971 bits per heavy atom. The number of imidazole rings is 1. The number of nitrogens with zero attached hydrogens (tertiary/aromatic N) is 3. The number of benzene rings is 2. The van der Waals surface area contributed by atoms with Gasteiger partial charge in [-0.15, -0.1) is 0 Å². The Bertz CT molecular complexity index is 1000. The Hall–Kier alpha value is -2.30. The van der Waals surface area contributed by atoms with Crippen LogP contribution in [-0.4, -0.2) is 26.1 Å². The van der Waals surface area contributed by atoms with E-state index >= 15 is 0 Å². The molecule has 0 amide bonds. The van der Waals surface area contributed by atoms with Crippen LogP contribution < -0.4 is 0 Å². The summed E-state index contributed by atoms with van der Waals surface area (Å²) in [6.07, 6.45) is 10.1. The number of hydrogen-bond donors (Lipinski definition) is 1. The number of phenolic OH excluding ortho intramolecular Hbond substituents is 1. The van der Waals surface area contributed by atoms with Crippen molar-refractivity contribution in [1.82, 2.24) is 14.5 Å². The number of phenols is 1. The second-order valence-corrected chi connectivity index (χ2v) is 9.54. The fraction of sp³-hybridized carbons (Fsp3) is 0.483. The lowest BCUT2D eigenvalue weighted by atomic mass is 10.0. The molecule has 3 rings (SSSR count). The normalized spacial score (nSPS) is 12.4. The number of aromatic nitrogens is 2. The Morgan fingerprint density at radius 3 is 2.38 bits per heavy atom. The summed E-state index contributed by atoms with van der Waals surface area (Å²) in [7, 11) is 0. The van der Waals surface area contributed by atoms with Crippen LogP contribution in [0.2, 0.25) is 5.02 Å². The summed E-state index contributed by atoms with van der Waals surface area (Å²) < 4.78 is 2.45. The van der Waals surface area contributed by atoms with Crippen molar-refractivity contribution in [2.45, 2.75) is 84.8 Å². The zero-order valence-corrected chi connectivity index (χ0v) is 21.8. The Labute approximate surface area is 210 Å². The van der Waals surface area contributed by atoms with Gasteiger partial charge in [-0.25, -0.2) is 4.98 Å². The maximum atomic E-state index is 9.84. The lowest BCUT2D eigenvalue weighted by Gasteiger charge is -2.33. The molecule has 0 aliphatic rings. The zero-order chi connectivity index (χ0) is 24.3. The highest BCUT2D eigenvalue weighted by Gasteiger charge is 2.26. The van der Waals surface area contributed by atoms with Crippen LogP contribution in [0.25, 0.3) is 11.4 Å². The van der Waals surface area contributed by atoms with Gasteiger partial charge in [0.05, 0.1) is 17.9 Å². The van der Waals surface area contributed by atoms with Gasteiger partial charge in [0.15, 0.2) is 0 Å². The minimum atomic E-state index is 0.210. The highest BCUT2D eigenvalue weighted by atomic mass is 35.5. The van der Waals surface area contributed by atoms with Crippen LogP contribution in [0.4, 0.5) is 0 Å². The zero-order valence-electron chi connectivity index (χ0n) is 21.0. The van der Waals surface area contributed by atoms with E-state index in [-0.39, 0.29) is 11.8 Å². The summed E-state index contributed by atoms with van der Waals surface area (Å²) in [6, 6.07) is 16.1. The molecule has 0 fully saturated rings. The van der Waals surface area contributed by atoms with Crippen molar-refractivity contribution in [1.29, 1.82) is 0 Å². The van der Waals surface area contributed by atoms with Crippen molar-refractivity contribution >= 4 is 11.6 Å². The first kappa shape index (κ1) is 26.3. The lowest BCUT2D eigenvalue weighted by Crippen LogP contribution is -2.31. The molecule has 0 saturated carbocycles. The van der Waals surface area contributed by atoms with Gasteiger partial charge in [-0.1, -0.05) is 94.5 Å². The monoisotopic (exact) mass is 481 g/mol. The third-order valence-electron chi connectivity index (χ3n) is 6.48. The standard InChI is InChI=1S/C29H40ClN3O/c1-4-7-15-27(32(18-8-5-2)22-24-16-17-25(34)20-26(24)30)28-21-31-29(33(28)19-9-6-3)23-13-11-10-12-14-23/h10-14,16-17,20-21,27,34H,4-9,15,18-19,22H2,1-3H3. The number of halogens is 1. The first-order chi connectivity index (χ1) is 16.6. The molecule has 3 aromatic rings. The molecule has 1 unspecified atom stereocenters. The molecule has 5 heteroatoms. The van der Waals surface area contributed by atoms with E-state index in [4.69, 9.17) is 16.6 Å². The van der Waals surface area contributed by atoms with Crippen molar-refractivity contribution in [2.24, 2.45) is 0 Å². The Morgan fingerprint density at radius 2 is 1.71 bits per heavy atom. The molecule has 4 nitrogen and oxygen atoms in total. The van der Waals surface area contributed by atoms with Crippen molar-refractivity contribution in [2.75, 3.05) is 6.54 Å². The molecule has 1 atom stereocenters. The first-order valence-electron chi connectivity index (χ1n) is 12.9. The lowest BCUT2D eigenvalue weighted by molar-refractivity contribution is 0.166. The van der Waals surface area contributed by atoms with Crippen LogP contribution in [0.15, 0.2) is 54.7 Å². The second kappa shape index (κ2) is 13.6. The van der Waals surface area contributed by atoms with Crippen LogP contribution in [-0.2, 0) is 13.1 Å². The molecule has 1 aromatic heterocycles. The van der Waals surface area contributed by atoms with Gasteiger partial charge < -0.3 is 9.67 Å². The molecule has 0 radical (unpaired) electrons. The van der Waals surface area contributed by atoms with Gasteiger partial charge in [0, 0.05) is 23.7 Å².